The van der Waals surface area contributed by atoms with Crippen molar-refractivity contribution in [2.75, 3.05) is 11.9 Å². The topological polar surface area (TPSA) is 106 Å². The molecule has 0 saturated heterocycles. The molecule has 2 heterocycles. The second kappa shape index (κ2) is 9.70. The molecule has 33 heavy (non-hydrogen) atoms. The van der Waals surface area contributed by atoms with Gasteiger partial charge in [0.15, 0.2) is 0 Å². The Bertz CT molecular complexity index is 1200. The van der Waals surface area contributed by atoms with Crippen molar-refractivity contribution < 1.29 is 18.1 Å². The van der Waals surface area contributed by atoms with Crippen LogP contribution in [0.4, 0.5) is 14.7 Å². The minimum atomic E-state index is -3.76. The van der Waals surface area contributed by atoms with Gasteiger partial charge < -0.3 is 15.2 Å². The van der Waals surface area contributed by atoms with E-state index in [2.05, 4.69) is 35.3 Å². The van der Waals surface area contributed by atoms with Gasteiger partial charge in [0.25, 0.3) is 5.91 Å². The van der Waals surface area contributed by atoms with E-state index >= 15 is 0 Å². The van der Waals surface area contributed by atoms with Crippen molar-refractivity contribution in [2.45, 2.75) is 11.4 Å². The third-order valence-electron chi connectivity index (χ3n) is 4.59. The summed E-state index contributed by atoms with van der Waals surface area (Å²) in [5.41, 5.74) is 1.72. The lowest BCUT2D eigenvalue weighted by molar-refractivity contribution is 0.0551. The van der Waals surface area contributed by atoms with Gasteiger partial charge in [-0.25, -0.2) is 9.97 Å². The van der Waals surface area contributed by atoms with Crippen LogP contribution in [0.15, 0.2) is 77.6 Å². The number of carbonyl (C=O) groups excluding carboxylic acids is 1. The van der Waals surface area contributed by atoms with Crippen molar-refractivity contribution in [2.24, 2.45) is 0 Å². The maximum atomic E-state index is 13.1. The molecule has 0 radical (unpaired) electrons. The molecule has 0 saturated carbocycles. The van der Waals surface area contributed by atoms with E-state index in [-0.39, 0.29) is 35.8 Å². The largest absolute Gasteiger partial charge is 0.400 e. The SMILES string of the molecule is O=C(NCC(Nc1ncc(-c2noc(C(F)(F)Cl)n2)cn1)c1ccccc1)c1ccccc1. The number of amides is 1. The molecule has 4 rings (SSSR count). The molecule has 0 bridgehead atoms. The number of rotatable bonds is 8. The third-order valence-corrected chi connectivity index (χ3v) is 4.75. The molecule has 0 aliphatic rings. The van der Waals surface area contributed by atoms with Crippen LogP contribution in [0.1, 0.15) is 27.9 Å². The number of alkyl halides is 3. The van der Waals surface area contributed by atoms with Crippen LogP contribution in [0.25, 0.3) is 11.4 Å². The fourth-order valence-corrected chi connectivity index (χ4v) is 3.03. The van der Waals surface area contributed by atoms with Crippen molar-refractivity contribution in [3.63, 3.8) is 0 Å². The van der Waals surface area contributed by atoms with Crippen LogP contribution >= 0.6 is 11.6 Å². The quantitative estimate of drug-likeness (QED) is 0.368. The first-order valence-electron chi connectivity index (χ1n) is 9.78. The molecular weight excluding hydrogens is 454 g/mol. The summed E-state index contributed by atoms with van der Waals surface area (Å²) < 4.78 is 30.6. The van der Waals surface area contributed by atoms with Crippen molar-refractivity contribution in [1.82, 2.24) is 25.4 Å². The number of hydrogen-bond acceptors (Lipinski definition) is 7. The normalized spacial score (nSPS) is 12.2. The van der Waals surface area contributed by atoms with E-state index in [4.69, 9.17) is 11.6 Å². The van der Waals surface area contributed by atoms with Crippen LogP contribution in [0, 0.1) is 0 Å². The molecule has 0 aliphatic carbocycles. The van der Waals surface area contributed by atoms with Gasteiger partial charge in [-0.3, -0.25) is 4.79 Å². The number of aromatic nitrogens is 4. The van der Waals surface area contributed by atoms with Crippen molar-refractivity contribution >= 4 is 23.5 Å². The first kappa shape index (κ1) is 22.3. The van der Waals surface area contributed by atoms with E-state index in [1.807, 2.05) is 36.4 Å². The van der Waals surface area contributed by atoms with Gasteiger partial charge in [-0.05, 0) is 29.3 Å². The third kappa shape index (κ3) is 5.66. The molecule has 1 unspecified atom stereocenters. The number of halogens is 3. The Balaban J connectivity index is 1.48. The van der Waals surface area contributed by atoms with E-state index < -0.39 is 11.3 Å². The molecule has 0 spiro atoms. The minimum absolute atomic E-state index is 0.119. The molecule has 1 amide bonds. The molecule has 0 aliphatic heterocycles. The lowest BCUT2D eigenvalue weighted by Gasteiger charge is -2.20. The number of hydrogen-bond donors (Lipinski definition) is 2. The van der Waals surface area contributed by atoms with E-state index in [9.17, 15) is 13.6 Å². The van der Waals surface area contributed by atoms with Gasteiger partial charge in [0.05, 0.1) is 11.6 Å². The van der Waals surface area contributed by atoms with E-state index in [1.165, 1.54) is 12.4 Å². The van der Waals surface area contributed by atoms with E-state index in [0.29, 0.717) is 5.56 Å². The van der Waals surface area contributed by atoms with Crippen LogP contribution in [0.5, 0.6) is 0 Å². The van der Waals surface area contributed by atoms with Crippen molar-refractivity contribution in [3.8, 4) is 11.4 Å². The number of benzene rings is 2. The maximum absolute atomic E-state index is 13.1. The predicted molar refractivity (Wildman–Crippen MR) is 117 cm³/mol. The average Bonchev–Trinajstić information content (AvgIpc) is 3.34. The Labute approximate surface area is 192 Å². The Hall–Kier alpha value is -3.92. The molecule has 2 aromatic carbocycles. The van der Waals surface area contributed by atoms with Gasteiger partial charge in [-0.2, -0.15) is 13.8 Å². The smallest absolute Gasteiger partial charge is 0.350 e. The number of carbonyl (C=O) groups is 1. The molecule has 0 fully saturated rings. The van der Waals surface area contributed by atoms with Gasteiger partial charge in [-0.1, -0.05) is 53.7 Å². The minimum Gasteiger partial charge on any atom is -0.350 e. The Kier molecular flexibility index (Phi) is 6.55. The number of nitrogens with zero attached hydrogens (tertiary/aromatic N) is 4. The Morgan fingerprint density at radius 3 is 2.27 bits per heavy atom. The van der Waals surface area contributed by atoms with Crippen LogP contribution < -0.4 is 10.6 Å². The molecule has 11 heteroatoms. The Morgan fingerprint density at radius 1 is 1.03 bits per heavy atom. The molecule has 8 nitrogen and oxygen atoms in total. The van der Waals surface area contributed by atoms with Gasteiger partial charge in [0, 0.05) is 24.5 Å². The van der Waals surface area contributed by atoms with Crippen LogP contribution in [-0.4, -0.2) is 32.6 Å². The first-order chi connectivity index (χ1) is 15.9. The molecule has 168 valence electrons. The summed E-state index contributed by atoms with van der Waals surface area (Å²) in [6, 6.07) is 18.0. The molecule has 1 atom stereocenters. The molecule has 2 N–H and O–H groups in total. The fourth-order valence-electron chi connectivity index (χ4n) is 2.95. The summed E-state index contributed by atoms with van der Waals surface area (Å²) in [5.74, 6) is -1.09. The highest BCUT2D eigenvalue weighted by molar-refractivity contribution is 6.21. The van der Waals surface area contributed by atoms with Gasteiger partial charge in [0.1, 0.15) is 0 Å². The Morgan fingerprint density at radius 2 is 1.67 bits per heavy atom. The van der Waals surface area contributed by atoms with Crippen LogP contribution in [0.3, 0.4) is 0 Å². The summed E-state index contributed by atoms with van der Waals surface area (Å²) in [4.78, 5) is 24.4. The second-order valence-corrected chi connectivity index (χ2v) is 7.37. The number of nitrogens with one attached hydrogen (secondary N) is 2. The molecular formula is C22H17ClF2N6O2. The fraction of sp³-hybridized carbons (Fsp3) is 0.136. The zero-order chi connectivity index (χ0) is 23.3. The van der Waals surface area contributed by atoms with Gasteiger partial charge in [0.2, 0.25) is 11.8 Å². The van der Waals surface area contributed by atoms with Crippen LogP contribution in [-0.2, 0) is 5.38 Å². The summed E-state index contributed by atoms with van der Waals surface area (Å²) in [6.45, 7) is 0.266. The second-order valence-electron chi connectivity index (χ2n) is 6.90. The lowest BCUT2D eigenvalue weighted by Crippen LogP contribution is -2.31. The predicted octanol–water partition coefficient (Wildman–Crippen LogP) is 4.40. The van der Waals surface area contributed by atoms with E-state index in [0.717, 1.165) is 5.56 Å². The lowest BCUT2D eigenvalue weighted by atomic mass is 10.1. The summed E-state index contributed by atoms with van der Waals surface area (Å²) >= 11 is 4.89. The van der Waals surface area contributed by atoms with Gasteiger partial charge in [-0.15, -0.1) is 0 Å². The van der Waals surface area contributed by atoms with Gasteiger partial charge >= 0.3 is 11.3 Å². The van der Waals surface area contributed by atoms with Crippen molar-refractivity contribution in [1.29, 1.82) is 0 Å². The molecule has 2 aromatic heterocycles. The zero-order valence-electron chi connectivity index (χ0n) is 17.0. The summed E-state index contributed by atoms with van der Waals surface area (Å²) in [6.07, 6.45) is 2.72. The highest BCUT2D eigenvalue weighted by atomic mass is 35.5. The average molecular weight is 471 g/mol. The number of anilines is 1. The standard InChI is InChI=1S/C22H17ClF2N6O2/c23-22(24,25)20-30-18(31-33-20)16-11-27-21(28-12-16)29-17(14-7-3-1-4-8-14)13-26-19(32)15-9-5-2-6-10-15/h1-12,17H,13H2,(H,26,32)(H,27,28,29). The maximum Gasteiger partial charge on any atom is 0.400 e. The highest BCUT2D eigenvalue weighted by Gasteiger charge is 2.35. The summed E-state index contributed by atoms with van der Waals surface area (Å²) in [7, 11) is 0. The summed E-state index contributed by atoms with van der Waals surface area (Å²) in [5, 5.41) is 5.77. The van der Waals surface area contributed by atoms with E-state index in [1.54, 1.807) is 24.3 Å². The monoisotopic (exact) mass is 470 g/mol. The van der Waals surface area contributed by atoms with Crippen LogP contribution in [0.2, 0.25) is 0 Å². The zero-order valence-corrected chi connectivity index (χ0v) is 17.7. The molecule has 4 aromatic rings. The first-order valence-corrected chi connectivity index (χ1v) is 10.2. The van der Waals surface area contributed by atoms with Crippen molar-refractivity contribution in [3.05, 3.63) is 90.1 Å². The highest BCUT2D eigenvalue weighted by Crippen LogP contribution is 2.32.